The van der Waals surface area contributed by atoms with Gasteiger partial charge in [-0.3, -0.25) is 9.28 Å². The van der Waals surface area contributed by atoms with Crippen LogP contribution in [0.3, 0.4) is 0 Å². The monoisotopic (exact) mass is 321 g/mol. The third-order valence-corrected chi connectivity index (χ3v) is 5.41. The van der Waals surface area contributed by atoms with Crippen LogP contribution in [0.15, 0.2) is 61.3 Å². The van der Waals surface area contributed by atoms with E-state index in [4.69, 9.17) is 0 Å². The molecular formula is C21H25N2O+. The Hall–Kier alpha value is -2.39. The van der Waals surface area contributed by atoms with Crippen molar-refractivity contribution in [2.24, 2.45) is 0 Å². The van der Waals surface area contributed by atoms with E-state index < -0.39 is 0 Å². The first-order valence-corrected chi connectivity index (χ1v) is 8.45. The molecule has 124 valence electrons. The first-order chi connectivity index (χ1) is 11.5. The summed E-state index contributed by atoms with van der Waals surface area (Å²) in [5.41, 5.74) is 4.66. The molecule has 2 unspecified atom stereocenters. The number of carbonyl (C=O) groups is 1. The van der Waals surface area contributed by atoms with Crippen LogP contribution in [-0.4, -0.2) is 12.5 Å². The molecule has 1 aliphatic heterocycles. The van der Waals surface area contributed by atoms with Gasteiger partial charge in [-0.2, -0.15) is 0 Å². The van der Waals surface area contributed by atoms with Gasteiger partial charge in [0, 0.05) is 25.1 Å². The van der Waals surface area contributed by atoms with E-state index in [1.54, 1.807) is 6.92 Å². The summed E-state index contributed by atoms with van der Waals surface area (Å²) in [6.45, 7) is 11.1. The lowest BCUT2D eigenvalue weighted by molar-refractivity contribution is -0.114. The number of quaternary nitrogens is 1. The molecule has 3 heteroatoms. The fourth-order valence-electron chi connectivity index (χ4n) is 4.20. The highest BCUT2D eigenvalue weighted by atomic mass is 16.1. The van der Waals surface area contributed by atoms with E-state index in [-0.39, 0.29) is 11.4 Å². The molecule has 24 heavy (non-hydrogen) atoms. The molecule has 0 aliphatic carbocycles. The van der Waals surface area contributed by atoms with E-state index in [2.05, 4.69) is 68.3 Å². The summed E-state index contributed by atoms with van der Waals surface area (Å²) < 4.78 is 0.761. The maximum Gasteiger partial charge on any atom is 0.221 e. The molecule has 2 atom stereocenters. The highest BCUT2D eigenvalue weighted by Crippen LogP contribution is 2.56. The number of amides is 1. The van der Waals surface area contributed by atoms with E-state index >= 15 is 0 Å². The van der Waals surface area contributed by atoms with Gasteiger partial charge in [0.2, 0.25) is 5.91 Å². The minimum absolute atomic E-state index is 0.0426. The average Bonchev–Trinajstić information content (AvgIpc) is 2.57. The van der Waals surface area contributed by atoms with Crippen LogP contribution in [0, 0.1) is 0 Å². The lowest BCUT2D eigenvalue weighted by Gasteiger charge is -2.57. The molecule has 1 amide bonds. The number of hydrogen-bond donors (Lipinski definition) is 1. The first-order valence-electron chi connectivity index (χ1n) is 8.45. The van der Waals surface area contributed by atoms with Gasteiger partial charge in [-0.1, -0.05) is 30.3 Å². The second-order valence-electron chi connectivity index (χ2n) is 6.72. The minimum atomic E-state index is -0.0817. The predicted molar refractivity (Wildman–Crippen MR) is 101 cm³/mol. The zero-order valence-corrected chi connectivity index (χ0v) is 14.7. The van der Waals surface area contributed by atoms with Crippen molar-refractivity contribution in [3.05, 3.63) is 72.4 Å². The van der Waals surface area contributed by atoms with Crippen molar-refractivity contribution in [1.29, 1.82) is 0 Å². The van der Waals surface area contributed by atoms with E-state index in [1.807, 2.05) is 12.1 Å². The molecule has 0 aromatic heterocycles. The van der Waals surface area contributed by atoms with Gasteiger partial charge in [-0.15, -0.1) is 0 Å². The smallest absolute Gasteiger partial charge is 0.221 e. The van der Waals surface area contributed by atoms with E-state index in [1.165, 1.54) is 16.8 Å². The van der Waals surface area contributed by atoms with Crippen molar-refractivity contribution in [3.63, 3.8) is 0 Å². The van der Waals surface area contributed by atoms with E-state index in [9.17, 15) is 4.79 Å². The van der Waals surface area contributed by atoms with Crippen molar-refractivity contribution in [2.75, 3.05) is 11.9 Å². The van der Waals surface area contributed by atoms with Crippen LogP contribution < -0.4 is 9.80 Å². The van der Waals surface area contributed by atoms with Gasteiger partial charge in [-0.25, -0.2) is 0 Å². The second kappa shape index (κ2) is 5.91. The first kappa shape index (κ1) is 16.5. The zero-order valence-electron chi connectivity index (χ0n) is 14.7. The summed E-state index contributed by atoms with van der Waals surface area (Å²) in [5.74, 6) is -0.0426. The lowest BCUT2D eigenvalue weighted by atomic mass is 9.72. The molecule has 0 fully saturated rings. The van der Waals surface area contributed by atoms with Crippen molar-refractivity contribution in [2.45, 2.75) is 32.7 Å². The molecular weight excluding hydrogens is 296 g/mol. The number of nitrogens with one attached hydrogen (secondary N) is 1. The number of nitrogens with zero attached hydrogens (tertiary/aromatic N) is 1. The van der Waals surface area contributed by atoms with Crippen LogP contribution in [0.1, 0.15) is 31.9 Å². The normalized spacial score (nSPS) is 24.6. The number of hydrogen-bond acceptors (Lipinski definition) is 1. The van der Waals surface area contributed by atoms with Crippen LogP contribution in [0.5, 0.6) is 0 Å². The molecule has 0 saturated heterocycles. The van der Waals surface area contributed by atoms with E-state index in [0.717, 1.165) is 23.1 Å². The molecule has 0 radical (unpaired) electrons. The molecule has 1 N–H and O–H groups in total. The highest BCUT2D eigenvalue weighted by Gasteiger charge is 2.59. The van der Waals surface area contributed by atoms with Crippen molar-refractivity contribution < 1.29 is 4.79 Å². The van der Waals surface area contributed by atoms with Gasteiger partial charge in [0.05, 0.1) is 18.3 Å². The topological polar surface area (TPSA) is 29.1 Å². The number of likely N-dealkylation sites (N-methyl/N-ethyl adjacent to an activating group) is 1. The van der Waals surface area contributed by atoms with Gasteiger partial charge in [0.1, 0.15) is 11.2 Å². The lowest BCUT2D eigenvalue weighted by Crippen LogP contribution is -2.67. The molecule has 0 saturated carbocycles. The second-order valence-corrected chi connectivity index (χ2v) is 6.72. The summed E-state index contributed by atoms with van der Waals surface area (Å²) in [6, 6.07) is 16.8. The van der Waals surface area contributed by atoms with Crippen molar-refractivity contribution >= 4 is 17.3 Å². The molecule has 2 aromatic rings. The quantitative estimate of drug-likeness (QED) is 0.802. The Kier molecular flexibility index (Phi) is 4.06. The third kappa shape index (κ3) is 2.28. The summed E-state index contributed by atoms with van der Waals surface area (Å²) in [5, 5.41) is 2.90. The molecule has 2 aromatic carbocycles. The van der Waals surface area contributed by atoms with Crippen LogP contribution in [0.2, 0.25) is 0 Å². The number of benzene rings is 2. The Labute approximate surface area is 144 Å². The Morgan fingerprint density at radius 1 is 1.25 bits per heavy atom. The molecule has 1 heterocycles. The van der Waals surface area contributed by atoms with Crippen molar-refractivity contribution in [3.8, 4) is 0 Å². The fraction of sp³-hybridized carbons (Fsp3) is 0.286. The third-order valence-electron chi connectivity index (χ3n) is 5.41. The number of carbonyl (C=O) groups excluding carboxylic acids is 1. The largest absolute Gasteiger partial charge is 0.326 e. The standard InChI is InChI=1S/C21H24N2O/c1-5-23(6-2)20-13-12-18(22-16(3)24)14-19(20)21(23,4)15-17-10-8-7-9-11-17/h5,7-14H,1,6,15H2,2-4H3/p+1. The number of rotatable bonds is 5. The fourth-order valence-corrected chi connectivity index (χ4v) is 4.20. The van der Waals surface area contributed by atoms with E-state index in [0.29, 0.717) is 0 Å². The molecule has 3 rings (SSSR count). The Bertz CT molecular complexity index is 784. The molecule has 3 nitrogen and oxygen atoms in total. The maximum atomic E-state index is 11.4. The van der Waals surface area contributed by atoms with Gasteiger partial charge in [0.25, 0.3) is 0 Å². The van der Waals surface area contributed by atoms with Crippen LogP contribution in [0.4, 0.5) is 11.4 Å². The minimum Gasteiger partial charge on any atom is -0.326 e. The Morgan fingerprint density at radius 3 is 2.54 bits per heavy atom. The maximum absolute atomic E-state index is 11.4. The molecule has 0 bridgehead atoms. The number of anilines is 1. The van der Waals surface area contributed by atoms with Gasteiger partial charge >= 0.3 is 0 Å². The van der Waals surface area contributed by atoms with Crippen LogP contribution in [0.25, 0.3) is 0 Å². The molecule has 1 aliphatic rings. The van der Waals surface area contributed by atoms with Crippen LogP contribution in [-0.2, 0) is 16.8 Å². The highest BCUT2D eigenvalue weighted by molar-refractivity contribution is 5.89. The Morgan fingerprint density at radius 2 is 1.96 bits per heavy atom. The SMILES string of the molecule is C=C[N+]1(CC)c2ccc(NC(C)=O)cc2C1(C)Cc1ccccc1. The Balaban J connectivity index is 2.08. The predicted octanol–water partition coefficient (Wildman–Crippen LogP) is 4.59. The molecule has 0 spiro atoms. The zero-order chi connectivity index (χ0) is 17.4. The summed E-state index contributed by atoms with van der Waals surface area (Å²) in [4.78, 5) is 11.4. The van der Waals surface area contributed by atoms with Gasteiger partial charge < -0.3 is 5.32 Å². The van der Waals surface area contributed by atoms with Gasteiger partial charge in [-0.05, 0) is 38.1 Å². The summed E-state index contributed by atoms with van der Waals surface area (Å²) in [6.07, 6.45) is 2.99. The van der Waals surface area contributed by atoms with Gasteiger partial charge in [0.15, 0.2) is 0 Å². The van der Waals surface area contributed by atoms with Crippen molar-refractivity contribution in [1.82, 2.24) is 4.48 Å². The number of fused-ring (bicyclic) bond motifs is 1. The van der Waals surface area contributed by atoms with Crippen LogP contribution >= 0.6 is 0 Å². The summed E-state index contributed by atoms with van der Waals surface area (Å²) in [7, 11) is 0. The average molecular weight is 321 g/mol. The summed E-state index contributed by atoms with van der Waals surface area (Å²) >= 11 is 0.